The maximum absolute atomic E-state index is 11.0. The van der Waals surface area contributed by atoms with Gasteiger partial charge in [-0.2, -0.15) is 0 Å². The molecule has 14 heavy (non-hydrogen) atoms. The van der Waals surface area contributed by atoms with Crippen LogP contribution < -0.4 is 0 Å². The zero-order valence-electron chi connectivity index (χ0n) is 7.58. The zero-order chi connectivity index (χ0) is 9.97. The lowest BCUT2D eigenvalue weighted by Gasteiger charge is -1.95. The molecule has 0 saturated carbocycles. The molecule has 0 aliphatic carbocycles. The van der Waals surface area contributed by atoms with Gasteiger partial charge in [0.2, 0.25) is 0 Å². The number of aromatic nitrogens is 4. The highest BCUT2D eigenvalue weighted by Crippen LogP contribution is 2.03. The number of Topliss-reactive ketones (excluding diaryl/α,β-unsaturated/α-hetero) is 1. The van der Waals surface area contributed by atoms with Gasteiger partial charge in [-0.05, 0) is 12.1 Å². The first-order valence-corrected chi connectivity index (χ1v) is 4.11. The van der Waals surface area contributed by atoms with Crippen LogP contribution in [0, 0.1) is 0 Å². The zero-order valence-corrected chi connectivity index (χ0v) is 7.58. The molecule has 0 bridgehead atoms. The van der Waals surface area contributed by atoms with Crippen LogP contribution in [0.1, 0.15) is 17.4 Å². The average molecular weight is 188 g/mol. The van der Waals surface area contributed by atoms with E-state index in [0.29, 0.717) is 5.69 Å². The van der Waals surface area contributed by atoms with Crippen LogP contribution in [0.3, 0.4) is 0 Å². The summed E-state index contributed by atoms with van der Waals surface area (Å²) in [5, 5.41) is 7.54. The standard InChI is InChI=1S/C9H8N4O/c1-7(14)9-6-13(12-11-9)8-3-2-4-10-5-8/h2-6H,1H3. The van der Waals surface area contributed by atoms with Gasteiger partial charge in [0.05, 0.1) is 18.1 Å². The van der Waals surface area contributed by atoms with Crippen LogP contribution in [0.4, 0.5) is 0 Å². The summed E-state index contributed by atoms with van der Waals surface area (Å²) < 4.78 is 1.52. The number of carbonyl (C=O) groups excluding carboxylic acids is 1. The molecule has 0 amide bonds. The van der Waals surface area contributed by atoms with Crippen molar-refractivity contribution in [3.8, 4) is 5.69 Å². The lowest BCUT2D eigenvalue weighted by Crippen LogP contribution is -1.94. The first-order valence-electron chi connectivity index (χ1n) is 4.11. The average Bonchev–Trinajstić information content (AvgIpc) is 2.68. The molecule has 2 aromatic rings. The molecule has 5 heteroatoms. The third kappa shape index (κ3) is 1.52. The van der Waals surface area contributed by atoms with Crippen LogP contribution >= 0.6 is 0 Å². The van der Waals surface area contributed by atoms with Gasteiger partial charge in [0, 0.05) is 13.1 Å². The fraction of sp³-hybridized carbons (Fsp3) is 0.111. The topological polar surface area (TPSA) is 60.7 Å². The number of nitrogens with zero attached hydrogens (tertiary/aromatic N) is 4. The van der Waals surface area contributed by atoms with Gasteiger partial charge in [-0.25, -0.2) is 4.68 Å². The summed E-state index contributed by atoms with van der Waals surface area (Å²) in [6, 6.07) is 3.63. The third-order valence-electron chi connectivity index (χ3n) is 1.76. The monoisotopic (exact) mass is 188 g/mol. The Labute approximate surface area is 80.4 Å². The lowest BCUT2D eigenvalue weighted by atomic mass is 10.3. The van der Waals surface area contributed by atoms with Crippen LogP contribution in [-0.4, -0.2) is 25.8 Å². The second-order valence-electron chi connectivity index (χ2n) is 2.82. The summed E-state index contributed by atoms with van der Waals surface area (Å²) in [6.07, 6.45) is 4.91. The molecule has 70 valence electrons. The summed E-state index contributed by atoms with van der Waals surface area (Å²) in [4.78, 5) is 14.9. The molecule has 0 aliphatic rings. The molecule has 0 atom stereocenters. The summed E-state index contributed by atoms with van der Waals surface area (Å²) in [7, 11) is 0. The molecule has 5 nitrogen and oxygen atoms in total. The predicted octanol–water partition coefficient (Wildman–Crippen LogP) is 0.865. The minimum absolute atomic E-state index is 0.0971. The molecule has 2 heterocycles. The maximum Gasteiger partial charge on any atom is 0.181 e. The smallest absolute Gasteiger partial charge is 0.181 e. The molecule has 0 aromatic carbocycles. The number of rotatable bonds is 2. The van der Waals surface area contributed by atoms with E-state index in [9.17, 15) is 4.79 Å². The first-order chi connectivity index (χ1) is 6.77. The second-order valence-corrected chi connectivity index (χ2v) is 2.82. The number of ketones is 1. The molecule has 0 spiro atoms. The van der Waals surface area contributed by atoms with Crippen molar-refractivity contribution in [2.75, 3.05) is 0 Å². The Morgan fingerprint density at radius 3 is 2.93 bits per heavy atom. The Kier molecular flexibility index (Phi) is 2.06. The van der Waals surface area contributed by atoms with E-state index in [1.54, 1.807) is 24.7 Å². The van der Waals surface area contributed by atoms with Gasteiger partial charge in [-0.3, -0.25) is 9.78 Å². The van der Waals surface area contributed by atoms with Gasteiger partial charge in [0.25, 0.3) is 0 Å². The highest BCUT2D eigenvalue weighted by molar-refractivity contribution is 5.91. The van der Waals surface area contributed by atoms with Crippen molar-refractivity contribution < 1.29 is 4.79 Å². The van der Waals surface area contributed by atoms with Gasteiger partial charge in [-0.1, -0.05) is 5.21 Å². The van der Waals surface area contributed by atoms with Crippen molar-refractivity contribution in [2.24, 2.45) is 0 Å². The van der Waals surface area contributed by atoms with Crippen LogP contribution in [0.25, 0.3) is 5.69 Å². The molecule has 0 saturated heterocycles. The van der Waals surface area contributed by atoms with Crippen LogP contribution in [0.5, 0.6) is 0 Å². The molecular formula is C9H8N4O. The molecular weight excluding hydrogens is 180 g/mol. The normalized spacial score (nSPS) is 10.1. The minimum atomic E-state index is -0.0971. The number of hydrogen-bond acceptors (Lipinski definition) is 4. The second kappa shape index (κ2) is 3.37. The number of carbonyl (C=O) groups is 1. The van der Waals surface area contributed by atoms with Crippen LogP contribution in [0.2, 0.25) is 0 Å². The van der Waals surface area contributed by atoms with E-state index in [2.05, 4.69) is 15.3 Å². The van der Waals surface area contributed by atoms with E-state index < -0.39 is 0 Å². The van der Waals surface area contributed by atoms with Gasteiger partial charge in [0.15, 0.2) is 5.78 Å². The van der Waals surface area contributed by atoms with Crippen molar-refractivity contribution in [1.29, 1.82) is 0 Å². The molecule has 0 unspecified atom stereocenters. The molecule has 0 radical (unpaired) electrons. The largest absolute Gasteiger partial charge is 0.293 e. The summed E-state index contributed by atoms with van der Waals surface area (Å²) >= 11 is 0. The van der Waals surface area contributed by atoms with Gasteiger partial charge >= 0.3 is 0 Å². The van der Waals surface area contributed by atoms with E-state index in [1.807, 2.05) is 6.07 Å². The quantitative estimate of drug-likeness (QED) is 0.656. The fourth-order valence-corrected chi connectivity index (χ4v) is 1.04. The summed E-state index contributed by atoms with van der Waals surface area (Å²) in [5.41, 5.74) is 1.14. The molecule has 0 fully saturated rings. The Balaban J connectivity index is 2.39. The SMILES string of the molecule is CC(=O)c1cn(-c2cccnc2)nn1. The molecule has 2 rings (SSSR count). The van der Waals surface area contributed by atoms with Crippen molar-refractivity contribution in [3.63, 3.8) is 0 Å². The summed E-state index contributed by atoms with van der Waals surface area (Å²) in [6.45, 7) is 1.46. The predicted molar refractivity (Wildman–Crippen MR) is 49.2 cm³/mol. The van der Waals surface area contributed by atoms with E-state index in [0.717, 1.165) is 5.69 Å². The van der Waals surface area contributed by atoms with Crippen LogP contribution in [-0.2, 0) is 0 Å². The lowest BCUT2D eigenvalue weighted by molar-refractivity contribution is 0.101. The fourth-order valence-electron chi connectivity index (χ4n) is 1.04. The maximum atomic E-state index is 11.0. The van der Waals surface area contributed by atoms with E-state index in [4.69, 9.17) is 0 Å². The Hall–Kier alpha value is -2.04. The van der Waals surface area contributed by atoms with E-state index in [-0.39, 0.29) is 5.78 Å². The highest BCUT2D eigenvalue weighted by atomic mass is 16.1. The van der Waals surface area contributed by atoms with Crippen molar-refractivity contribution >= 4 is 5.78 Å². The number of hydrogen-bond donors (Lipinski definition) is 0. The van der Waals surface area contributed by atoms with Gasteiger partial charge in [0.1, 0.15) is 5.69 Å². The van der Waals surface area contributed by atoms with Crippen molar-refractivity contribution in [2.45, 2.75) is 6.92 Å². The number of pyridine rings is 1. The first kappa shape index (κ1) is 8.55. The minimum Gasteiger partial charge on any atom is -0.293 e. The molecule has 0 aliphatic heterocycles. The van der Waals surface area contributed by atoms with Crippen molar-refractivity contribution in [3.05, 3.63) is 36.4 Å². The van der Waals surface area contributed by atoms with E-state index in [1.165, 1.54) is 11.6 Å². The Morgan fingerprint density at radius 1 is 1.50 bits per heavy atom. The molecule has 0 N–H and O–H groups in total. The van der Waals surface area contributed by atoms with Gasteiger partial charge in [-0.15, -0.1) is 5.10 Å². The van der Waals surface area contributed by atoms with E-state index >= 15 is 0 Å². The van der Waals surface area contributed by atoms with Gasteiger partial charge < -0.3 is 0 Å². The Bertz CT molecular complexity index is 449. The van der Waals surface area contributed by atoms with Crippen LogP contribution in [0.15, 0.2) is 30.7 Å². The van der Waals surface area contributed by atoms with Crippen molar-refractivity contribution in [1.82, 2.24) is 20.0 Å². The Morgan fingerprint density at radius 2 is 2.36 bits per heavy atom. The highest BCUT2D eigenvalue weighted by Gasteiger charge is 2.05. The molecule has 2 aromatic heterocycles. The summed E-state index contributed by atoms with van der Waals surface area (Å²) in [5.74, 6) is -0.0971. The third-order valence-corrected chi connectivity index (χ3v) is 1.76.